The third-order valence-electron chi connectivity index (χ3n) is 4.42. The van der Waals surface area contributed by atoms with Gasteiger partial charge in [0, 0.05) is 0 Å². The molecule has 0 saturated heterocycles. The quantitative estimate of drug-likeness (QED) is 0.637. The zero-order valence-corrected chi connectivity index (χ0v) is 12.2. The molecule has 1 nitrogen and oxygen atoms in total. The molecular weight excluding hydrogens is 208 g/mol. The van der Waals surface area contributed by atoms with Gasteiger partial charge < -0.3 is 5.11 Å². The number of rotatable bonds is 0. The smallest absolute Gasteiger partial charge is 0.0540 e. The van der Waals surface area contributed by atoms with E-state index in [1.807, 2.05) is 0 Å². The first-order valence-corrected chi connectivity index (χ1v) is 7.68. The summed E-state index contributed by atoms with van der Waals surface area (Å²) in [5, 5.41) is 9.29. The Bertz CT molecular complexity index is 169. The van der Waals surface area contributed by atoms with Gasteiger partial charge in [-0.25, -0.2) is 0 Å². The van der Waals surface area contributed by atoms with Crippen molar-refractivity contribution in [3.05, 3.63) is 0 Å². The lowest BCUT2D eigenvalue weighted by Crippen LogP contribution is -2.27. The number of hydrogen-bond donors (Lipinski definition) is 1. The van der Waals surface area contributed by atoms with Crippen LogP contribution in [-0.4, -0.2) is 11.2 Å². The fraction of sp³-hybridized carbons (Fsp3) is 1.00. The van der Waals surface area contributed by atoms with Gasteiger partial charge in [0.1, 0.15) is 0 Å². The Morgan fingerprint density at radius 3 is 1.35 bits per heavy atom. The van der Waals surface area contributed by atoms with Crippen LogP contribution in [0.1, 0.15) is 85.0 Å². The molecule has 2 aliphatic carbocycles. The lowest BCUT2D eigenvalue weighted by molar-refractivity contribution is 0.0725. The summed E-state index contributed by atoms with van der Waals surface area (Å²) in [6.07, 6.45) is 13.5. The first-order chi connectivity index (χ1) is 8.00. The minimum absolute atomic E-state index is 0.00593. The van der Waals surface area contributed by atoms with Crippen LogP contribution in [0.15, 0.2) is 0 Å². The van der Waals surface area contributed by atoms with Crippen LogP contribution in [0.5, 0.6) is 0 Å². The van der Waals surface area contributed by atoms with Crippen molar-refractivity contribution in [2.75, 3.05) is 0 Å². The summed E-state index contributed by atoms with van der Waals surface area (Å²) in [6.45, 7) is 6.90. The van der Waals surface area contributed by atoms with Crippen molar-refractivity contribution in [3.63, 3.8) is 0 Å². The van der Waals surface area contributed by atoms with Gasteiger partial charge in [-0.3, -0.25) is 0 Å². The Kier molecular flexibility index (Phi) is 6.54. The summed E-state index contributed by atoms with van der Waals surface area (Å²) in [4.78, 5) is 0. The van der Waals surface area contributed by atoms with Crippen LogP contribution < -0.4 is 0 Å². The van der Waals surface area contributed by atoms with Crippen molar-refractivity contribution in [1.29, 1.82) is 0 Å². The Morgan fingerprint density at radius 2 is 1.06 bits per heavy atom. The van der Waals surface area contributed by atoms with Crippen molar-refractivity contribution >= 4 is 0 Å². The molecule has 0 radical (unpaired) electrons. The molecule has 1 heteroatoms. The van der Waals surface area contributed by atoms with Gasteiger partial charge in [0.05, 0.1) is 6.10 Å². The first-order valence-electron chi connectivity index (χ1n) is 7.68. The van der Waals surface area contributed by atoms with E-state index in [2.05, 4.69) is 20.8 Å². The molecule has 102 valence electrons. The number of aliphatic hydroxyl groups is 1. The zero-order chi connectivity index (χ0) is 12.7. The van der Waals surface area contributed by atoms with Crippen LogP contribution in [0.3, 0.4) is 0 Å². The largest absolute Gasteiger partial charge is 0.393 e. The van der Waals surface area contributed by atoms with Gasteiger partial charge in [0.15, 0.2) is 0 Å². The molecule has 2 aliphatic rings. The van der Waals surface area contributed by atoms with Crippen LogP contribution in [-0.2, 0) is 0 Å². The van der Waals surface area contributed by atoms with Crippen molar-refractivity contribution in [2.45, 2.75) is 91.1 Å². The molecule has 0 aliphatic heterocycles. The number of aliphatic hydroxyl groups excluding tert-OH is 1. The maximum absolute atomic E-state index is 9.29. The Labute approximate surface area is 108 Å². The molecule has 2 saturated carbocycles. The van der Waals surface area contributed by atoms with Gasteiger partial charge in [-0.15, -0.1) is 0 Å². The van der Waals surface area contributed by atoms with Crippen molar-refractivity contribution in [1.82, 2.24) is 0 Å². The van der Waals surface area contributed by atoms with E-state index < -0.39 is 0 Å². The molecular formula is C16H32O. The minimum Gasteiger partial charge on any atom is -0.393 e. The molecule has 0 bridgehead atoms. The van der Waals surface area contributed by atoms with E-state index in [0.29, 0.717) is 5.41 Å². The number of hydrogen-bond acceptors (Lipinski definition) is 1. The van der Waals surface area contributed by atoms with E-state index in [1.54, 1.807) is 0 Å². The van der Waals surface area contributed by atoms with Crippen LogP contribution in [0, 0.1) is 11.3 Å². The highest BCUT2D eigenvalue weighted by atomic mass is 16.3. The summed E-state index contributed by atoms with van der Waals surface area (Å²) in [5.41, 5.74) is 0.445. The molecule has 1 N–H and O–H groups in total. The second kappa shape index (κ2) is 7.41. The molecule has 0 unspecified atom stereocenters. The lowest BCUT2D eigenvalue weighted by Gasteiger charge is -2.35. The standard InChI is InChI=1S/C10H20O.C6H12/c1-10(2,3)8-4-6-9(11)7-5-8;1-2-4-6-5-3-1/h8-9,11H,4-7H2,1-3H3;1-6H2. The molecule has 0 aromatic carbocycles. The highest BCUT2D eigenvalue weighted by Gasteiger charge is 2.28. The van der Waals surface area contributed by atoms with Gasteiger partial charge in [-0.05, 0) is 37.0 Å². The third-order valence-corrected chi connectivity index (χ3v) is 4.42. The average Bonchev–Trinajstić information content (AvgIpc) is 2.31. The van der Waals surface area contributed by atoms with Crippen LogP contribution in [0.4, 0.5) is 0 Å². The van der Waals surface area contributed by atoms with Crippen LogP contribution in [0.25, 0.3) is 0 Å². The summed E-state index contributed by atoms with van der Waals surface area (Å²) in [5.74, 6) is 0.825. The molecule has 2 fully saturated rings. The second-order valence-electron chi connectivity index (χ2n) is 6.99. The third kappa shape index (κ3) is 6.45. The normalized spacial score (nSPS) is 30.4. The van der Waals surface area contributed by atoms with Gasteiger partial charge in [0.25, 0.3) is 0 Å². The van der Waals surface area contributed by atoms with Crippen molar-refractivity contribution < 1.29 is 5.11 Å². The van der Waals surface area contributed by atoms with Gasteiger partial charge in [0.2, 0.25) is 0 Å². The Balaban J connectivity index is 0.000000202. The van der Waals surface area contributed by atoms with Gasteiger partial charge in [-0.2, -0.15) is 0 Å². The molecule has 2 rings (SSSR count). The predicted molar refractivity (Wildman–Crippen MR) is 75.1 cm³/mol. The monoisotopic (exact) mass is 240 g/mol. The molecule has 0 atom stereocenters. The van der Waals surface area contributed by atoms with E-state index in [4.69, 9.17) is 0 Å². The van der Waals surface area contributed by atoms with E-state index in [-0.39, 0.29) is 6.10 Å². The second-order valence-corrected chi connectivity index (χ2v) is 6.99. The summed E-state index contributed by atoms with van der Waals surface area (Å²) in [7, 11) is 0. The maximum Gasteiger partial charge on any atom is 0.0540 e. The van der Waals surface area contributed by atoms with E-state index >= 15 is 0 Å². The topological polar surface area (TPSA) is 20.2 Å². The van der Waals surface area contributed by atoms with E-state index in [0.717, 1.165) is 18.8 Å². The molecule has 0 amide bonds. The molecule has 0 spiro atoms. The van der Waals surface area contributed by atoms with Crippen molar-refractivity contribution in [3.8, 4) is 0 Å². The first kappa shape index (κ1) is 15.0. The zero-order valence-electron chi connectivity index (χ0n) is 12.2. The molecule has 0 heterocycles. The molecule has 17 heavy (non-hydrogen) atoms. The van der Waals surface area contributed by atoms with Gasteiger partial charge in [-0.1, -0.05) is 59.3 Å². The lowest BCUT2D eigenvalue weighted by atomic mass is 9.72. The minimum atomic E-state index is -0.00593. The highest BCUT2D eigenvalue weighted by Crippen LogP contribution is 2.37. The van der Waals surface area contributed by atoms with E-state index in [1.165, 1.54) is 51.4 Å². The average molecular weight is 240 g/mol. The maximum atomic E-state index is 9.29. The predicted octanol–water partition coefficient (Wildman–Crippen LogP) is 4.92. The fourth-order valence-electron chi connectivity index (χ4n) is 3.00. The van der Waals surface area contributed by atoms with Gasteiger partial charge >= 0.3 is 0 Å². The van der Waals surface area contributed by atoms with Crippen molar-refractivity contribution in [2.24, 2.45) is 11.3 Å². The SMILES string of the molecule is C1CCCCC1.CC(C)(C)C1CCC(O)CC1. The fourth-order valence-corrected chi connectivity index (χ4v) is 3.00. The Morgan fingerprint density at radius 1 is 0.706 bits per heavy atom. The summed E-state index contributed by atoms with van der Waals surface area (Å²) >= 11 is 0. The molecule has 0 aromatic heterocycles. The van der Waals surface area contributed by atoms with Crippen LogP contribution in [0.2, 0.25) is 0 Å². The van der Waals surface area contributed by atoms with E-state index in [9.17, 15) is 5.11 Å². The van der Waals surface area contributed by atoms with Crippen LogP contribution >= 0.6 is 0 Å². The molecule has 0 aromatic rings. The summed E-state index contributed by atoms with van der Waals surface area (Å²) < 4.78 is 0. The highest BCUT2D eigenvalue weighted by molar-refractivity contribution is 4.79. The Hall–Kier alpha value is -0.0400. The summed E-state index contributed by atoms with van der Waals surface area (Å²) in [6, 6.07) is 0.